The Morgan fingerprint density at radius 3 is 2.19 bits per heavy atom. The molecule has 6 nitrogen and oxygen atoms in total. The van der Waals surface area contributed by atoms with E-state index in [9.17, 15) is 13.2 Å². The molecule has 31 heavy (non-hydrogen) atoms. The third-order valence-corrected chi connectivity index (χ3v) is 6.31. The second-order valence-corrected chi connectivity index (χ2v) is 10.9. The monoisotopic (exact) mass is 445 g/mol. The lowest BCUT2D eigenvalue weighted by atomic mass is 9.94. The van der Waals surface area contributed by atoms with Crippen LogP contribution in [0.15, 0.2) is 48.5 Å². The minimum absolute atomic E-state index is 0.0398. The molecule has 0 aliphatic carbocycles. The van der Waals surface area contributed by atoms with Crippen LogP contribution in [0.1, 0.15) is 45.2 Å². The number of carbonyl (C=O) groups is 1. The van der Waals surface area contributed by atoms with Crippen molar-refractivity contribution in [3.63, 3.8) is 0 Å². The van der Waals surface area contributed by atoms with E-state index < -0.39 is 15.4 Å². The first-order valence-electron chi connectivity index (χ1n) is 10.6. The molecule has 0 saturated heterocycles. The van der Waals surface area contributed by atoms with Crippen molar-refractivity contribution in [1.82, 2.24) is 4.90 Å². The summed E-state index contributed by atoms with van der Waals surface area (Å²) in [5.41, 5.74) is 2.85. The van der Waals surface area contributed by atoms with Gasteiger partial charge in [-0.25, -0.2) is 8.42 Å². The summed E-state index contributed by atoms with van der Waals surface area (Å²) in [6, 6.07) is 15.4. The van der Waals surface area contributed by atoms with Crippen molar-refractivity contribution in [3.05, 3.63) is 59.7 Å². The summed E-state index contributed by atoms with van der Waals surface area (Å²) in [5.74, 6) is 0.110. The molecule has 0 radical (unpaired) electrons. The van der Waals surface area contributed by atoms with Gasteiger partial charge in [0.2, 0.25) is 15.9 Å². The van der Waals surface area contributed by atoms with Crippen LogP contribution < -0.4 is 9.62 Å². The highest BCUT2D eigenvalue weighted by atomic mass is 32.2. The van der Waals surface area contributed by atoms with Crippen LogP contribution in [0.3, 0.4) is 0 Å². The molecule has 0 aromatic heterocycles. The van der Waals surface area contributed by atoms with Crippen molar-refractivity contribution in [2.75, 3.05) is 29.5 Å². The Hall–Kier alpha value is -2.54. The number of anilines is 2. The number of sulfonamides is 1. The average Bonchev–Trinajstić information content (AvgIpc) is 2.66. The van der Waals surface area contributed by atoms with E-state index in [1.165, 1.54) is 0 Å². The van der Waals surface area contributed by atoms with Gasteiger partial charge in [0.15, 0.2) is 0 Å². The molecule has 0 saturated carbocycles. The number of carbonyl (C=O) groups excluding carboxylic acids is 1. The SMILES string of the molecule is CCCS(=O)(=O)Nc1ccc(N(C)C)c(CN(Cc2ccccc2)C(=O)C(C)(C)C)c1. The largest absolute Gasteiger partial charge is 0.377 e. The third-order valence-electron chi connectivity index (χ3n) is 4.81. The molecule has 2 aromatic rings. The molecule has 1 N–H and O–H groups in total. The number of hydrogen-bond acceptors (Lipinski definition) is 4. The molecule has 0 unspecified atom stereocenters. The van der Waals surface area contributed by atoms with Crippen molar-refractivity contribution < 1.29 is 13.2 Å². The highest BCUT2D eigenvalue weighted by molar-refractivity contribution is 7.92. The van der Waals surface area contributed by atoms with Crippen molar-refractivity contribution in [2.24, 2.45) is 5.41 Å². The molecule has 0 atom stereocenters. The standard InChI is InChI=1S/C24H35N3O3S/c1-7-15-31(29,30)25-21-13-14-22(26(5)6)20(16-21)18-27(23(28)24(2,3)4)17-19-11-9-8-10-12-19/h8-14,16,25H,7,15,17-18H2,1-6H3. The second kappa shape index (κ2) is 10.2. The molecule has 0 aliphatic heterocycles. The quantitative estimate of drug-likeness (QED) is 0.618. The van der Waals surface area contributed by atoms with Gasteiger partial charge in [-0.2, -0.15) is 0 Å². The van der Waals surface area contributed by atoms with Crippen LogP contribution in [-0.4, -0.2) is 39.1 Å². The minimum Gasteiger partial charge on any atom is -0.377 e. The Bertz CT molecular complexity index is 981. The Labute approximate surface area is 187 Å². The smallest absolute Gasteiger partial charge is 0.232 e. The van der Waals surface area contributed by atoms with Crippen LogP contribution in [0, 0.1) is 5.41 Å². The highest BCUT2D eigenvalue weighted by Crippen LogP contribution is 2.28. The van der Waals surface area contributed by atoms with Gasteiger partial charge < -0.3 is 9.80 Å². The van der Waals surface area contributed by atoms with Gasteiger partial charge in [-0.05, 0) is 35.7 Å². The topological polar surface area (TPSA) is 69.7 Å². The maximum atomic E-state index is 13.3. The summed E-state index contributed by atoms with van der Waals surface area (Å²) in [6.07, 6.45) is 0.545. The van der Waals surface area contributed by atoms with Gasteiger partial charge in [-0.15, -0.1) is 0 Å². The van der Waals surface area contributed by atoms with E-state index in [4.69, 9.17) is 0 Å². The molecule has 2 aromatic carbocycles. The van der Waals surface area contributed by atoms with Gasteiger partial charge in [0.25, 0.3) is 0 Å². The summed E-state index contributed by atoms with van der Waals surface area (Å²) in [4.78, 5) is 17.1. The van der Waals surface area contributed by atoms with Gasteiger partial charge in [0.05, 0.1) is 5.75 Å². The zero-order valence-electron chi connectivity index (χ0n) is 19.5. The van der Waals surface area contributed by atoms with Crippen molar-refractivity contribution in [1.29, 1.82) is 0 Å². The molecule has 2 rings (SSSR count). The number of hydrogen-bond donors (Lipinski definition) is 1. The van der Waals surface area contributed by atoms with Gasteiger partial charge in [-0.1, -0.05) is 58.0 Å². The number of amides is 1. The predicted molar refractivity (Wildman–Crippen MR) is 129 cm³/mol. The number of nitrogens with zero attached hydrogens (tertiary/aromatic N) is 2. The second-order valence-electron chi connectivity index (χ2n) is 9.06. The van der Waals surface area contributed by atoms with E-state index in [2.05, 4.69) is 4.72 Å². The first-order chi connectivity index (χ1) is 14.4. The van der Waals surface area contributed by atoms with Crippen LogP contribution in [0.25, 0.3) is 0 Å². The summed E-state index contributed by atoms with van der Waals surface area (Å²) in [5, 5.41) is 0. The predicted octanol–water partition coefficient (Wildman–Crippen LogP) is 4.48. The lowest BCUT2D eigenvalue weighted by molar-refractivity contribution is -0.140. The fourth-order valence-corrected chi connectivity index (χ4v) is 4.52. The summed E-state index contributed by atoms with van der Waals surface area (Å²) in [6.45, 7) is 8.43. The Balaban J connectivity index is 2.43. The van der Waals surface area contributed by atoms with Gasteiger partial charge >= 0.3 is 0 Å². The molecule has 0 aliphatic rings. The number of rotatable bonds is 9. The lowest BCUT2D eigenvalue weighted by Gasteiger charge is -2.31. The van der Waals surface area contributed by atoms with Crippen molar-refractivity contribution >= 4 is 27.3 Å². The molecule has 0 heterocycles. The summed E-state index contributed by atoms with van der Waals surface area (Å²) >= 11 is 0. The molecular weight excluding hydrogens is 410 g/mol. The average molecular weight is 446 g/mol. The fraction of sp³-hybridized carbons (Fsp3) is 0.458. The number of benzene rings is 2. The zero-order valence-corrected chi connectivity index (χ0v) is 20.3. The molecule has 0 bridgehead atoms. The normalized spacial score (nSPS) is 11.8. The van der Waals surface area contributed by atoms with E-state index >= 15 is 0 Å². The highest BCUT2D eigenvalue weighted by Gasteiger charge is 2.28. The minimum atomic E-state index is -3.40. The summed E-state index contributed by atoms with van der Waals surface area (Å²) < 4.78 is 27.2. The Kier molecular flexibility index (Phi) is 8.12. The van der Waals surface area contributed by atoms with Gasteiger partial charge in [-0.3, -0.25) is 9.52 Å². The van der Waals surface area contributed by atoms with Crippen LogP contribution >= 0.6 is 0 Å². The van der Waals surface area contributed by atoms with Crippen LogP contribution in [-0.2, 0) is 27.9 Å². The van der Waals surface area contributed by atoms with Crippen LogP contribution in [0.5, 0.6) is 0 Å². The van der Waals surface area contributed by atoms with Crippen molar-refractivity contribution in [3.8, 4) is 0 Å². The maximum Gasteiger partial charge on any atom is 0.232 e. The van der Waals surface area contributed by atoms with E-state index in [1.807, 2.05) is 94.1 Å². The maximum absolute atomic E-state index is 13.3. The molecule has 170 valence electrons. The van der Waals surface area contributed by atoms with E-state index in [0.29, 0.717) is 25.2 Å². The van der Waals surface area contributed by atoms with E-state index in [1.54, 1.807) is 6.07 Å². The molecule has 1 amide bonds. The van der Waals surface area contributed by atoms with Gasteiger partial charge in [0.1, 0.15) is 0 Å². The van der Waals surface area contributed by atoms with Gasteiger partial charge in [0, 0.05) is 44.0 Å². The zero-order chi connectivity index (χ0) is 23.2. The first kappa shape index (κ1) is 24.7. The Morgan fingerprint density at radius 1 is 1.00 bits per heavy atom. The van der Waals surface area contributed by atoms with Crippen molar-refractivity contribution in [2.45, 2.75) is 47.2 Å². The molecule has 0 fully saturated rings. The fourth-order valence-electron chi connectivity index (χ4n) is 3.39. The van der Waals surface area contributed by atoms with Crippen LogP contribution in [0.4, 0.5) is 11.4 Å². The van der Waals surface area contributed by atoms with E-state index in [0.717, 1.165) is 16.8 Å². The lowest BCUT2D eigenvalue weighted by Crippen LogP contribution is -2.38. The van der Waals surface area contributed by atoms with E-state index in [-0.39, 0.29) is 11.7 Å². The number of nitrogens with one attached hydrogen (secondary N) is 1. The first-order valence-corrected chi connectivity index (χ1v) is 12.2. The molecular formula is C24H35N3O3S. The molecule has 7 heteroatoms. The third kappa shape index (κ3) is 7.28. The summed E-state index contributed by atoms with van der Waals surface area (Å²) in [7, 11) is 0.479. The Morgan fingerprint density at radius 2 is 1.65 bits per heavy atom. The molecule has 0 spiro atoms. The van der Waals surface area contributed by atoms with Crippen LogP contribution in [0.2, 0.25) is 0 Å².